The lowest BCUT2D eigenvalue weighted by atomic mass is 9.94. The molecule has 0 aliphatic heterocycles. The van der Waals surface area contributed by atoms with Gasteiger partial charge in [0.1, 0.15) is 0 Å². The van der Waals surface area contributed by atoms with Gasteiger partial charge in [0.15, 0.2) is 5.41 Å². The molecule has 0 aromatic rings. The van der Waals surface area contributed by atoms with Crippen LogP contribution in [0.1, 0.15) is 72.6 Å². The van der Waals surface area contributed by atoms with Crippen molar-refractivity contribution >= 4 is 11.9 Å². The summed E-state index contributed by atoms with van der Waals surface area (Å²) in [5.41, 5.74) is -1.21. The Kier molecular flexibility index (Phi) is 10.1. The summed E-state index contributed by atoms with van der Waals surface area (Å²) >= 11 is 0. The van der Waals surface area contributed by atoms with E-state index in [4.69, 9.17) is 9.47 Å². The lowest BCUT2D eigenvalue weighted by Crippen LogP contribution is -2.36. The molecule has 4 heteroatoms. The van der Waals surface area contributed by atoms with Gasteiger partial charge in [-0.1, -0.05) is 45.4 Å². The Morgan fingerprint density at radius 2 is 1.30 bits per heavy atom. The van der Waals surface area contributed by atoms with E-state index in [-0.39, 0.29) is 6.61 Å². The van der Waals surface area contributed by atoms with Crippen molar-refractivity contribution in [3.05, 3.63) is 0 Å². The highest BCUT2D eigenvalue weighted by molar-refractivity contribution is 5.99. The van der Waals surface area contributed by atoms with Crippen molar-refractivity contribution in [2.45, 2.75) is 72.6 Å². The predicted molar refractivity (Wildman–Crippen MR) is 79.4 cm³/mol. The predicted octanol–water partition coefficient (Wildman–Crippen LogP) is 3.87. The van der Waals surface area contributed by atoms with E-state index in [0.717, 1.165) is 12.8 Å². The average Bonchev–Trinajstić information content (AvgIpc) is 2.41. The van der Waals surface area contributed by atoms with Crippen molar-refractivity contribution in [3.63, 3.8) is 0 Å². The van der Waals surface area contributed by atoms with Crippen LogP contribution in [0.15, 0.2) is 0 Å². The molecular formula is C16H30O4. The monoisotopic (exact) mass is 286 g/mol. The van der Waals surface area contributed by atoms with Crippen molar-refractivity contribution in [1.82, 2.24) is 0 Å². The van der Waals surface area contributed by atoms with E-state index in [1.54, 1.807) is 6.92 Å². The van der Waals surface area contributed by atoms with Crippen molar-refractivity contribution in [2.75, 3.05) is 13.2 Å². The molecule has 0 atom stereocenters. The molecule has 0 aliphatic rings. The van der Waals surface area contributed by atoms with Gasteiger partial charge < -0.3 is 9.47 Å². The molecule has 0 N–H and O–H groups in total. The Hall–Kier alpha value is -1.06. The number of esters is 2. The standard InChI is InChI=1S/C16H30O4/c1-5-7-8-9-10-11-12-13-20-15(18)16(3,4)14(17)19-6-2/h5-13H2,1-4H3. The zero-order chi connectivity index (χ0) is 15.4. The highest BCUT2D eigenvalue weighted by Gasteiger charge is 2.39. The first-order chi connectivity index (χ1) is 9.46. The molecule has 0 spiro atoms. The summed E-state index contributed by atoms with van der Waals surface area (Å²) < 4.78 is 10.0. The zero-order valence-corrected chi connectivity index (χ0v) is 13.5. The molecule has 0 heterocycles. The number of hydrogen-bond acceptors (Lipinski definition) is 4. The molecule has 0 bridgehead atoms. The van der Waals surface area contributed by atoms with Crippen LogP contribution in [0, 0.1) is 5.41 Å². The molecule has 0 rings (SSSR count). The third-order valence-electron chi connectivity index (χ3n) is 3.28. The summed E-state index contributed by atoms with van der Waals surface area (Å²) in [6, 6.07) is 0. The second-order valence-corrected chi connectivity index (χ2v) is 5.60. The Balaban J connectivity index is 3.74. The van der Waals surface area contributed by atoms with Crippen LogP contribution in [0.3, 0.4) is 0 Å². The largest absolute Gasteiger partial charge is 0.465 e. The smallest absolute Gasteiger partial charge is 0.322 e. The van der Waals surface area contributed by atoms with Gasteiger partial charge in [0.2, 0.25) is 0 Å². The molecule has 0 amide bonds. The highest BCUT2D eigenvalue weighted by Crippen LogP contribution is 2.20. The minimum atomic E-state index is -1.21. The second-order valence-electron chi connectivity index (χ2n) is 5.60. The van der Waals surface area contributed by atoms with Crippen molar-refractivity contribution in [2.24, 2.45) is 5.41 Å². The number of ether oxygens (including phenoxy) is 2. The average molecular weight is 286 g/mol. The molecule has 118 valence electrons. The molecule has 0 unspecified atom stereocenters. The summed E-state index contributed by atoms with van der Waals surface area (Å²) in [4.78, 5) is 23.5. The summed E-state index contributed by atoms with van der Waals surface area (Å²) in [5, 5.41) is 0. The van der Waals surface area contributed by atoms with Crippen LogP contribution < -0.4 is 0 Å². The van der Waals surface area contributed by atoms with Crippen LogP contribution in [0.25, 0.3) is 0 Å². The number of carbonyl (C=O) groups is 2. The lowest BCUT2D eigenvalue weighted by Gasteiger charge is -2.20. The Morgan fingerprint density at radius 3 is 1.85 bits per heavy atom. The quantitative estimate of drug-likeness (QED) is 0.329. The van der Waals surface area contributed by atoms with E-state index in [1.807, 2.05) is 0 Å². The fourth-order valence-corrected chi connectivity index (χ4v) is 1.80. The van der Waals surface area contributed by atoms with Gasteiger partial charge in [-0.25, -0.2) is 0 Å². The van der Waals surface area contributed by atoms with E-state index in [9.17, 15) is 9.59 Å². The second kappa shape index (κ2) is 10.7. The van der Waals surface area contributed by atoms with E-state index < -0.39 is 17.4 Å². The van der Waals surface area contributed by atoms with E-state index in [1.165, 1.54) is 46.0 Å². The summed E-state index contributed by atoms with van der Waals surface area (Å²) in [7, 11) is 0. The minimum absolute atomic E-state index is 0.271. The molecule has 0 aliphatic carbocycles. The van der Waals surface area contributed by atoms with Crippen molar-refractivity contribution < 1.29 is 19.1 Å². The first kappa shape index (κ1) is 18.9. The topological polar surface area (TPSA) is 52.6 Å². The summed E-state index contributed by atoms with van der Waals surface area (Å²) in [6.45, 7) is 7.65. The Morgan fingerprint density at radius 1 is 0.800 bits per heavy atom. The van der Waals surface area contributed by atoms with Crippen LogP contribution in [-0.2, 0) is 19.1 Å². The highest BCUT2D eigenvalue weighted by atomic mass is 16.6. The van der Waals surface area contributed by atoms with Crippen molar-refractivity contribution in [3.8, 4) is 0 Å². The SMILES string of the molecule is CCCCCCCCCOC(=O)C(C)(C)C(=O)OCC. The van der Waals surface area contributed by atoms with Gasteiger partial charge in [0.25, 0.3) is 0 Å². The fourth-order valence-electron chi connectivity index (χ4n) is 1.80. The number of carbonyl (C=O) groups excluding carboxylic acids is 2. The van der Waals surface area contributed by atoms with E-state index in [2.05, 4.69) is 6.92 Å². The molecule has 4 nitrogen and oxygen atoms in total. The first-order valence-corrected chi connectivity index (χ1v) is 7.81. The minimum Gasteiger partial charge on any atom is -0.465 e. The van der Waals surface area contributed by atoms with Gasteiger partial charge in [0.05, 0.1) is 13.2 Å². The van der Waals surface area contributed by atoms with Crippen LogP contribution >= 0.6 is 0 Å². The maximum atomic E-state index is 11.8. The molecule has 0 aromatic heterocycles. The third-order valence-corrected chi connectivity index (χ3v) is 3.28. The van der Waals surface area contributed by atoms with Gasteiger partial charge >= 0.3 is 11.9 Å². The summed E-state index contributed by atoms with van der Waals surface area (Å²) in [6.07, 6.45) is 8.18. The number of hydrogen-bond donors (Lipinski definition) is 0. The number of unbranched alkanes of at least 4 members (excludes halogenated alkanes) is 6. The molecule has 20 heavy (non-hydrogen) atoms. The van der Waals surface area contributed by atoms with Gasteiger partial charge in [0, 0.05) is 0 Å². The third kappa shape index (κ3) is 7.51. The molecule has 0 saturated heterocycles. The van der Waals surface area contributed by atoms with Gasteiger partial charge in [-0.3, -0.25) is 9.59 Å². The van der Waals surface area contributed by atoms with Crippen LogP contribution in [0.2, 0.25) is 0 Å². The molecule has 0 radical (unpaired) electrons. The molecule has 0 aromatic carbocycles. The van der Waals surface area contributed by atoms with Gasteiger partial charge in [-0.05, 0) is 27.2 Å². The Bertz CT molecular complexity index is 284. The number of rotatable bonds is 11. The van der Waals surface area contributed by atoms with Crippen LogP contribution in [0.4, 0.5) is 0 Å². The Labute approximate surface area is 123 Å². The van der Waals surface area contributed by atoms with Crippen LogP contribution in [-0.4, -0.2) is 25.2 Å². The maximum Gasteiger partial charge on any atom is 0.322 e. The van der Waals surface area contributed by atoms with E-state index in [0.29, 0.717) is 6.61 Å². The molecule has 0 saturated carbocycles. The molecular weight excluding hydrogens is 256 g/mol. The normalized spacial score (nSPS) is 11.2. The van der Waals surface area contributed by atoms with Crippen LogP contribution in [0.5, 0.6) is 0 Å². The van der Waals surface area contributed by atoms with Gasteiger partial charge in [-0.15, -0.1) is 0 Å². The van der Waals surface area contributed by atoms with Gasteiger partial charge in [-0.2, -0.15) is 0 Å². The fraction of sp³-hybridized carbons (Fsp3) is 0.875. The first-order valence-electron chi connectivity index (χ1n) is 7.81. The zero-order valence-electron chi connectivity index (χ0n) is 13.5. The van der Waals surface area contributed by atoms with Crippen molar-refractivity contribution in [1.29, 1.82) is 0 Å². The molecule has 0 fully saturated rings. The maximum absolute atomic E-state index is 11.8. The summed E-state index contributed by atoms with van der Waals surface area (Å²) in [5.74, 6) is -1.02. The lowest BCUT2D eigenvalue weighted by molar-refractivity contribution is -0.169. The van der Waals surface area contributed by atoms with E-state index >= 15 is 0 Å².